The maximum absolute atomic E-state index is 11.9. The summed E-state index contributed by atoms with van der Waals surface area (Å²) in [6.07, 6.45) is 2.82. The van der Waals surface area contributed by atoms with Gasteiger partial charge in [0.1, 0.15) is 0 Å². The number of rotatable bonds is 4. The van der Waals surface area contributed by atoms with Crippen LogP contribution >= 0.6 is 24.4 Å². The number of hydrogen-bond acceptors (Lipinski definition) is 10. The average molecular weight is 670 g/mol. The van der Waals surface area contributed by atoms with E-state index in [1.165, 1.54) is 21.8 Å². The summed E-state index contributed by atoms with van der Waals surface area (Å²) in [6.45, 7) is 0. The average Bonchev–Trinajstić information content (AvgIpc) is 3.45. The molecule has 0 aliphatic carbocycles. The SMILES string of the molecule is O=c1[nH]c2ccccc2cc1/C=N/n1c([S-])n[nH]c1=S.O=c1[nH]c2ccccc2cc1/C=N/n1c([S-])n[nH]c1=S.[Zn+2]. The first kappa shape index (κ1) is 30.0. The number of H-pyrrole nitrogens is 4. The van der Waals surface area contributed by atoms with Gasteiger partial charge < -0.3 is 35.2 Å². The molecule has 4 N–H and O–H groups in total. The van der Waals surface area contributed by atoms with E-state index in [1.807, 2.05) is 48.5 Å². The predicted octanol–water partition coefficient (Wildman–Crippen LogP) is 3.14. The van der Waals surface area contributed by atoms with Crippen LogP contribution in [0.5, 0.6) is 0 Å². The number of hydrogen-bond donors (Lipinski definition) is 4. The van der Waals surface area contributed by atoms with Crippen molar-refractivity contribution in [1.82, 2.24) is 39.7 Å². The second-order valence-corrected chi connectivity index (χ2v) is 9.52. The number of nitrogens with zero attached hydrogens (tertiary/aromatic N) is 6. The number of para-hydroxylation sites is 2. The Kier molecular flexibility index (Phi) is 9.57. The molecule has 17 heteroatoms. The van der Waals surface area contributed by atoms with Crippen LogP contribution in [-0.4, -0.2) is 52.1 Å². The number of nitrogens with one attached hydrogen (secondary N) is 4. The van der Waals surface area contributed by atoms with E-state index in [9.17, 15) is 9.59 Å². The first-order valence-corrected chi connectivity index (χ1v) is 12.9. The summed E-state index contributed by atoms with van der Waals surface area (Å²) < 4.78 is 3.12. The molecule has 0 saturated heterocycles. The predicted molar refractivity (Wildman–Crippen MR) is 161 cm³/mol. The number of fused-ring (bicyclic) bond motifs is 2. The molecule has 41 heavy (non-hydrogen) atoms. The van der Waals surface area contributed by atoms with E-state index in [0.717, 1.165) is 21.8 Å². The third-order valence-corrected chi connectivity index (χ3v) is 6.49. The van der Waals surface area contributed by atoms with Crippen LogP contribution in [0.15, 0.2) is 90.8 Å². The van der Waals surface area contributed by atoms with Gasteiger partial charge in [-0.05, 0) is 59.5 Å². The number of aromatic nitrogens is 8. The molecular weight excluding hydrogens is 654 g/mol. The number of aromatic amines is 4. The molecule has 0 radical (unpaired) electrons. The van der Waals surface area contributed by atoms with E-state index in [4.69, 9.17) is 49.7 Å². The molecule has 2 aromatic carbocycles. The molecule has 0 fully saturated rings. The van der Waals surface area contributed by atoms with Gasteiger partial charge in [0.25, 0.3) is 11.1 Å². The van der Waals surface area contributed by atoms with E-state index in [0.29, 0.717) is 11.1 Å². The van der Waals surface area contributed by atoms with E-state index >= 15 is 0 Å². The largest absolute Gasteiger partial charge is 2.00 e. The van der Waals surface area contributed by atoms with Crippen LogP contribution in [0.2, 0.25) is 0 Å². The van der Waals surface area contributed by atoms with Gasteiger partial charge in [0, 0.05) is 21.3 Å². The minimum atomic E-state index is -0.228. The third kappa shape index (κ3) is 6.83. The molecule has 0 aliphatic heterocycles. The Morgan fingerprint density at radius 3 is 1.46 bits per heavy atom. The van der Waals surface area contributed by atoms with Crippen LogP contribution in [0.4, 0.5) is 0 Å². The Balaban J connectivity index is 0.000000184. The van der Waals surface area contributed by atoms with Crippen LogP contribution in [-0.2, 0) is 44.7 Å². The second-order valence-electron chi connectivity index (χ2n) is 8.02. The molecule has 0 amide bonds. The molecule has 0 atom stereocenters. The molecule has 4 heterocycles. The summed E-state index contributed by atoms with van der Waals surface area (Å²) in [7, 11) is 0. The summed E-state index contributed by atoms with van der Waals surface area (Å²) in [4.78, 5) is 29.4. The van der Waals surface area contributed by atoms with Crippen LogP contribution in [0.1, 0.15) is 11.1 Å². The van der Waals surface area contributed by atoms with E-state index in [-0.39, 0.29) is 50.5 Å². The van der Waals surface area contributed by atoms with Crippen molar-refractivity contribution in [3.05, 3.63) is 102 Å². The van der Waals surface area contributed by atoms with Crippen LogP contribution in [0.3, 0.4) is 0 Å². The number of benzene rings is 2. The van der Waals surface area contributed by atoms with Crippen LogP contribution < -0.4 is 11.1 Å². The fourth-order valence-electron chi connectivity index (χ4n) is 3.52. The third-order valence-electron chi connectivity index (χ3n) is 5.43. The zero-order valence-corrected chi connectivity index (χ0v) is 27.0. The molecule has 0 spiro atoms. The summed E-state index contributed by atoms with van der Waals surface area (Å²) in [6, 6.07) is 18.5. The fraction of sp³-hybridized carbons (Fsp3) is 0. The minimum absolute atomic E-state index is 0. The maximum Gasteiger partial charge on any atom is 2.00 e. The van der Waals surface area contributed by atoms with Crippen molar-refractivity contribution < 1.29 is 19.5 Å². The fourth-order valence-corrected chi connectivity index (χ4v) is 4.36. The zero-order valence-electron chi connectivity index (χ0n) is 20.8. The Morgan fingerprint density at radius 1 is 0.707 bits per heavy atom. The quantitative estimate of drug-likeness (QED) is 0.0965. The topological polar surface area (TPSA) is 158 Å². The van der Waals surface area contributed by atoms with Gasteiger partial charge in [0.2, 0.25) is 9.54 Å². The van der Waals surface area contributed by atoms with Gasteiger partial charge >= 0.3 is 19.5 Å². The standard InChI is InChI=1S/2C12H9N5OS2.Zn/c2*18-10-8(5-7-3-1-2-4-9(7)14-10)6-13-17-11(19)15-16-12(17)20;/h2*1-6H,(H,14,18)(H,15,19)(H,16,20);/q;;+2/p-2/b2*13-6+;. The molecule has 0 bridgehead atoms. The molecular formula is C24H16N10O2S4Zn. The van der Waals surface area contributed by atoms with Gasteiger partial charge in [0.15, 0.2) is 0 Å². The normalized spacial score (nSPS) is 11.1. The Labute approximate surface area is 264 Å². The van der Waals surface area contributed by atoms with E-state index in [2.05, 4.69) is 40.6 Å². The van der Waals surface area contributed by atoms with Gasteiger partial charge in [-0.2, -0.15) is 20.4 Å². The summed E-state index contributed by atoms with van der Waals surface area (Å²) >= 11 is 19.9. The van der Waals surface area contributed by atoms with Crippen molar-refractivity contribution in [1.29, 1.82) is 0 Å². The van der Waals surface area contributed by atoms with E-state index in [1.54, 1.807) is 12.1 Å². The van der Waals surface area contributed by atoms with Crippen molar-refractivity contribution in [3.63, 3.8) is 0 Å². The van der Waals surface area contributed by atoms with Crippen molar-refractivity contribution in [2.45, 2.75) is 10.3 Å². The summed E-state index contributed by atoms with van der Waals surface area (Å²) in [5.74, 6) is 0. The monoisotopic (exact) mass is 668 g/mol. The van der Waals surface area contributed by atoms with Crippen molar-refractivity contribution in [3.8, 4) is 0 Å². The van der Waals surface area contributed by atoms with Crippen LogP contribution in [0, 0.1) is 9.54 Å². The molecule has 0 unspecified atom stereocenters. The first-order valence-electron chi connectivity index (χ1n) is 11.3. The van der Waals surface area contributed by atoms with Gasteiger partial charge in [-0.25, -0.2) is 9.35 Å². The van der Waals surface area contributed by atoms with Gasteiger partial charge in [-0.3, -0.25) is 19.8 Å². The Morgan fingerprint density at radius 2 is 1.10 bits per heavy atom. The van der Waals surface area contributed by atoms with Crippen molar-refractivity contribution in [2.75, 3.05) is 0 Å². The van der Waals surface area contributed by atoms with Crippen LogP contribution in [0.25, 0.3) is 21.8 Å². The van der Waals surface area contributed by atoms with Crippen molar-refractivity contribution >= 4 is 83.9 Å². The van der Waals surface area contributed by atoms with E-state index < -0.39 is 0 Å². The molecule has 6 rings (SSSR count). The van der Waals surface area contributed by atoms with Gasteiger partial charge in [0.05, 0.1) is 23.6 Å². The zero-order chi connectivity index (χ0) is 28.2. The van der Waals surface area contributed by atoms with Gasteiger partial charge in [-0.15, -0.1) is 0 Å². The molecule has 4 aromatic heterocycles. The minimum Gasteiger partial charge on any atom is -0.738 e. The Bertz CT molecular complexity index is 2000. The molecule has 12 nitrogen and oxygen atoms in total. The molecule has 0 saturated carbocycles. The summed E-state index contributed by atoms with van der Waals surface area (Å²) in [5.41, 5.74) is 1.93. The number of pyridine rings is 2. The molecule has 0 aliphatic rings. The molecule has 200 valence electrons. The van der Waals surface area contributed by atoms with Gasteiger partial charge in [-0.1, -0.05) is 36.4 Å². The van der Waals surface area contributed by atoms with Crippen molar-refractivity contribution in [2.24, 2.45) is 10.2 Å². The maximum atomic E-state index is 11.9. The first-order chi connectivity index (χ1) is 19.3. The second kappa shape index (κ2) is 13.1. The Hall–Kier alpha value is -4.02. The smallest absolute Gasteiger partial charge is 0.738 e. The molecule has 6 aromatic rings. The summed E-state index contributed by atoms with van der Waals surface area (Å²) in [5, 5.41) is 23.0.